The van der Waals surface area contributed by atoms with E-state index in [1.807, 2.05) is 0 Å². The highest BCUT2D eigenvalue weighted by atomic mass is 35.5. The molecule has 2 aromatic carbocycles. The quantitative estimate of drug-likeness (QED) is 0.577. The number of carbonyl (C=O) groups excluding carboxylic acids is 2. The zero-order valence-corrected chi connectivity index (χ0v) is 17.8. The summed E-state index contributed by atoms with van der Waals surface area (Å²) in [6.45, 7) is 0.933. The van der Waals surface area contributed by atoms with E-state index in [1.54, 1.807) is 41.3 Å². The summed E-state index contributed by atoms with van der Waals surface area (Å²) < 4.78 is 5.99. The number of aldehydes is 1. The highest BCUT2D eigenvalue weighted by Crippen LogP contribution is 2.36. The summed E-state index contributed by atoms with van der Waals surface area (Å²) in [5, 5.41) is 1.54. The third-order valence-electron chi connectivity index (χ3n) is 4.77. The first-order chi connectivity index (χ1) is 13.4. The zero-order chi connectivity index (χ0) is 20.3. The van der Waals surface area contributed by atoms with Gasteiger partial charge in [0.2, 0.25) is 5.91 Å². The third-order valence-corrected chi connectivity index (χ3v) is 6.37. The standard InChI is InChI=1S/C20H17Cl4NO3/c21-15-5-4-14(11-17(15)23)20(6-8-26)12-25(7-9-28-20)18(27)10-13-2-1-3-16(22)19(13)24/h1-5,8,11H,6-7,9-10,12H2. The number of benzene rings is 2. The molecule has 1 amide bonds. The van der Waals surface area contributed by atoms with Gasteiger partial charge in [-0.3, -0.25) is 4.79 Å². The summed E-state index contributed by atoms with van der Waals surface area (Å²) in [5.41, 5.74) is 0.385. The molecule has 1 aliphatic heterocycles. The predicted molar refractivity (Wildman–Crippen MR) is 112 cm³/mol. The van der Waals surface area contributed by atoms with E-state index >= 15 is 0 Å². The van der Waals surface area contributed by atoms with Gasteiger partial charge in [-0.1, -0.05) is 64.6 Å². The summed E-state index contributed by atoms with van der Waals surface area (Å²) in [7, 11) is 0. The average Bonchev–Trinajstić information content (AvgIpc) is 2.68. The Balaban J connectivity index is 1.85. The van der Waals surface area contributed by atoms with E-state index in [-0.39, 0.29) is 25.3 Å². The molecule has 1 fully saturated rings. The molecule has 0 aliphatic carbocycles. The van der Waals surface area contributed by atoms with Crippen LogP contribution in [-0.2, 0) is 26.3 Å². The monoisotopic (exact) mass is 459 g/mol. The highest BCUT2D eigenvalue weighted by molar-refractivity contribution is 6.42. The number of morpholine rings is 1. The molecule has 0 aromatic heterocycles. The third kappa shape index (κ3) is 4.47. The van der Waals surface area contributed by atoms with Crippen molar-refractivity contribution in [2.45, 2.75) is 18.4 Å². The first kappa shape index (κ1) is 21.4. The second-order valence-corrected chi connectivity index (χ2v) is 8.15. The van der Waals surface area contributed by atoms with Gasteiger partial charge in [0.05, 0.1) is 39.7 Å². The number of hydrogen-bond donors (Lipinski definition) is 0. The molecule has 0 bridgehead atoms. The largest absolute Gasteiger partial charge is 0.366 e. The SMILES string of the molecule is O=CCC1(c2ccc(Cl)c(Cl)c2)CN(C(=O)Cc2cccc(Cl)c2Cl)CCO1. The molecule has 0 spiro atoms. The molecule has 0 radical (unpaired) electrons. The molecule has 148 valence electrons. The molecule has 1 unspecified atom stereocenters. The maximum absolute atomic E-state index is 12.9. The van der Waals surface area contributed by atoms with Gasteiger partial charge < -0.3 is 14.4 Å². The van der Waals surface area contributed by atoms with Crippen LogP contribution in [0.1, 0.15) is 17.5 Å². The van der Waals surface area contributed by atoms with Crippen molar-refractivity contribution in [3.63, 3.8) is 0 Å². The van der Waals surface area contributed by atoms with Gasteiger partial charge in [0, 0.05) is 13.0 Å². The lowest BCUT2D eigenvalue weighted by atomic mass is 9.88. The van der Waals surface area contributed by atoms with Crippen molar-refractivity contribution < 1.29 is 14.3 Å². The van der Waals surface area contributed by atoms with Gasteiger partial charge in [0.25, 0.3) is 0 Å². The van der Waals surface area contributed by atoms with E-state index in [0.717, 1.165) is 6.29 Å². The summed E-state index contributed by atoms with van der Waals surface area (Å²) >= 11 is 24.4. The van der Waals surface area contributed by atoms with Crippen molar-refractivity contribution in [2.24, 2.45) is 0 Å². The van der Waals surface area contributed by atoms with Gasteiger partial charge >= 0.3 is 0 Å². The molecule has 1 saturated heterocycles. The van der Waals surface area contributed by atoms with Crippen molar-refractivity contribution in [3.05, 3.63) is 67.6 Å². The van der Waals surface area contributed by atoms with Crippen LogP contribution in [0.15, 0.2) is 36.4 Å². The van der Waals surface area contributed by atoms with Crippen LogP contribution in [0.5, 0.6) is 0 Å². The van der Waals surface area contributed by atoms with Gasteiger partial charge in [0.1, 0.15) is 11.9 Å². The molecule has 1 heterocycles. The van der Waals surface area contributed by atoms with Crippen LogP contribution in [0.2, 0.25) is 20.1 Å². The van der Waals surface area contributed by atoms with E-state index in [0.29, 0.717) is 44.4 Å². The minimum absolute atomic E-state index is 0.0899. The molecule has 8 heteroatoms. The Hall–Kier alpha value is -1.30. The second kappa shape index (κ2) is 9.02. The number of ether oxygens (including phenoxy) is 1. The summed E-state index contributed by atoms with van der Waals surface area (Å²) in [5.74, 6) is -0.122. The van der Waals surface area contributed by atoms with Crippen LogP contribution in [0.3, 0.4) is 0 Å². The van der Waals surface area contributed by atoms with E-state index in [4.69, 9.17) is 51.1 Å². The number of carbonyl (C=O) groups is 2. The Bertz CT molecular complexity index is 905. The molecule has 3 rings (SSSR count). The van der Waals surface area contributed by atoms with Gasteiger partial charge in [-0.2, -0.15) is 0 Å². The van der Waals surface area contributed by atoms with E-state index in [1.165, 1.54) is 0 Å². The van der Waals surface area contributed by atoms with Crippen molar-refractivity contribution in [3.8, 4) is 0 Å². The van der Waals surface area contributed by atoms with Gasteiger partial charge in [-0.25, -0.2) is 0 Å². The smallest absolute Gasteiger partial charge is 0.227 e. The van der Waals surface area contributed by atoms with Crippen molar-refractivity contribution in [2.75, 3.05) is 19.7 Å². The highest BCUT2D eigenvalue weighted by Gasteiger charge is 2.40. The van der Waals surface area contributed by atoms with E-state index < -0.39 is 5.60 Å². The van der Waals surface area contributed by atoms with Crippen LogP contribution < -0.4 is 0 Å². The van der Waals surface area contributed by atoms with E-state index in [2.05, 4.69) is 0 Å². The van der Waals surface area contributed by atoms with Gasteiger partial charge in [0.15, 0.2) is 0 Å². The minimum Gasteiger partial charge on any atom is -0.366 e. The number of halogens is 4. The maximum atomic E-state index is 12.9. The Labute approximate surface area is 183 Å². The summed E-state index contributed by atoms with van der Waals surface area (Å²) in [6, 6.07) is 10.3. The average molecular weight is 461 g/mol. The van der Waals surface area contributed by atoms with Crippen molar-refractivity contribution >= 4 is 58.6 Å². The molecule has 0 N–H and O–H groups in total. The van der Waals surface area contributed by atoms with Crippen molar-refractivity contribution in [1.82, 2.24) is 4.90 Å². The molecule has 4 nitrogen and oxygen atoms in total. The molecule has 0 saturated carbocycles. The lowest BCUT2D eigenvalue weighted by Gasteiger charge is -2.42. The number of rotatable bonds is 5. The predicted octanol–water partition coefficient (Wildman–Crippen LogP) is 5.19. The fourth-order valence-corrected chi connectivity index (χ4v) is 3.97. The number of hydrogen-bond acceptors (Lipinski definition) is 3. The van der Waals surface area contributed by atoms with Crippen LogP contribution in [0, 0.1) is 0 Å². The lowest BCUT2D eigenvalue weighted by Crippen LogP contribution is -2.52. The van der Waals surface area contributed by atoms with Gasteiger partial charge in [-0.15, -0.1) is 0 Å². The Morgan fingerprint density at radius 2 is 1.89 bits per heavy atom. The topological polar surface area (TPSA) is 46.6 Å². The minimum atomic E-state index is -0.970. The normalized spacial score (nSPS) is 19.5. The fourth-order valence-electron chi connectivity index (χ4n) is 3.29. The summed E-state index contributed by atoms with van der Waals surface area (Å²) in [4.78, 5) is 26.0. The molecular formula is C20H17Cl4NO3. The molecule has 2 aromatic rings. The van der Waals surface area contributed by atoms with E-state index in [9.17, 15) is 9.59 Å². The maximum Gasteiger partial charge on any atom is 0.227 e. The van der Waals surface area contributed by atoms with Crippen molar-refractivity contribution in [1.29, 1.82) is 0 Å². The Morgan fingerprint density at radius 3 is 2.61 bits per heavy atom. The summed E-state index contributed by atoms with van der Waals surface area (Å²) in [6.07, 6.45) is 0.981. The second-order valence-electron chi connectivity index (χ2n) is 6.55. The molecular weight excluding hydrogens is 444 g/mol. The van der Waals surface area contributed by atoms with Gasteiger partial charge in [-0.05, 0) is 29.3 Å². The molecule has 1 aliphatic rings. The van der Waals surface area contributed by atoms with Crippen LogP contribution in [-0.4, -0.2) is 36.8 Å². The van der Waals surface area contributed by atoms with Crippen LogP contribution >= 0.6 is 46.4 Å². The Morgan fingerprint density at radius 1 is 1.11 bits per heavy atom. The molecule has 1 atom stereocenters. The van der Waals surface area contributed by atoms with Crippen LogP contribution in [0.25, 0.3) is 0 Å². The number of amides is 1. The fraction of sp³-hybridized carbons (Fsp3) is 0.300. The first-order valence-corrected chi connectivity index (χ1v) is 10.1. The lowest BCUT2D eigenvalue weighted by molar-refractivity contribution is -0.155. The Kier molecular flexibility index (Phi) is 6.89. The number of nitrogens with zero attached hydrogens (tertiary/aromatic N) is 1. The van der Waals surface area contributed by atoms with Crippen LogP contribution in [0.4, 0.5) is 0 Å². The molecule has 28 heavy (non-hydrogen) atoms. The zero-order valence-electron chi connectivity index (χ0n) is 14.8. The first-order valence-electron chi connectivity index (χ1n) is 8.60.